The van der Waals surface area contributed by atoms with Gasteiger partial charge in [0.15, 0.2) is 6.10 Å². The van der Waals surface area contributed by atoms with E-state index >= 15 is 0 Å². The summed E-state index contributed by atoms with van der Waals surface area (Å²) in [4.78, 5) is 16.3. The number of nitrogens with zero attached hydrogens (tertiary/aromatic N) is 4. The van der Waals surface area contributed by atoms with Gasteiger partial charge < -0.3 is 9.84 Å². The summed E-state index contributed by atoms with van der Waals surface area (Å²) in [6.45, 7) is 0. The van der Waals surface area contributed by atoms with Crippen LogP contribution >= 0.6 is 0 Å². The molecule has 0 radical (unpaired) electrons. The predicted molar refractivity (Wildman–Crippen MR) is 84.5 cm³/mol. The van der Waals surface area contributed by atoms with Crippen LogP contribution in [0.2, 0.25) is 0 Å². The zero-order chi connectivity index (χ0) is 16.4. The Bertz CT molecular complexity index is 767. The number of hydrogen-bond donors (Lipinski definition) is 1. The van der Waals surface area contributed by atoms with Gasteiger partial charge in [-0.25, -0.2) is 0 Å². The molecule has 2 atom stereocenters. The second-order valence-electron chi connectivity index (χ2n) is 5.08. The Morgan fingerprint density at radius 2 is 1.83 bits per heavy atom. The van der Waals surface area contributed by atoms with Gasteiger partial charge in [0.05, 0.1) is 13.2 Å². The summed E-state index contributed by atoms with van der Waals surface area (Å²) in [6, 6.07) is 13.4. The first-order valence-corrected chi connectivity index (χ1v) is 6.96. The van der Waals surface area contributed by atoms with Crippen LogP contribution in [0, 0.1) is 0 Å². The molecule has 3 rings (SSSR count). The van der Waals surface area contributed by atoms with Crippen molar-refractivity contribution in [3.05, 3.63) is 64.5 Å². The maximum atomic E-state index is 12.0. The number of β-lactam (4-membered cyclic amide) rings is 1. The van der Waals surface area contributed by atoms with Crippen molar-refractivity contribution in [2.75, 3.05) is 12.0 Å². The van der Waals surface area contributed by atoms with Gasteiger partial charge in [-0.3, -0.25) is 9.69 Å². The summed E-state index contributed by atoms with van der Waals surface area (Å²) in [5.74, 6) is 0.344. The summed E-state index contributed by atoms with van der Waals surface area (Å²) in [5, 5.41) is 13.5. The third-order valence-electron chi connectivity index (χ3n) is 3.81. The first-order chi connectivity index (χ1) is 11.2. The Balaban J connectivity index is 1.90. The van der Waals surface area contributed by atoms with Gasteiger partial charge in [0.25, 0.3) is 5.91 Å². The molecular formula is C16H14N4O3. The number of anilines is 1. The van der Waals surface area contributed by atoms with Crippen LogP contribution in [-0.4, -0.2) is 24.2 Å². The normalized spacial score (nSPS) is 19.7. The Labute approximate surface area is 132 Å². The number of amides is 1. The molecule has 0 bridgehead atoms. The fourth-order valence-corrected chi connectivity index (χ4v) is 2.63. The first kappa shape index (κ1) is 14.9. The quantitative estimate of drug-likeness (QED) is 0.406. The predicted octanol–water partition coefficient (Wildman–Crippen LogP) is 3.09. The Kier molecular flexibility index (Phi) is 3.89. The number of benzene rings is 2. The second kappa shape index (κ2) is 6.00. The smallest absolute Gasteiger partial charge is 0.259 e. The topological polar surface area (TPSA) is 98.5 Å². The average molecular weight is 310 g/mol. The van der Waals surface area contributed by atoms with Gasteiger partial charge in [-0.1, -0.05) is 29.4 Å². The molecule has 0 spiro atoms. The minimum atomic E-state index is -1.08. The fourth-order valence-electron chi connectivity index (χ4n) is 2.63. The van der Waals surface area contributed by atoms with Crippen molar-refractivity contribution in [1.82, 2.24) is 0 Å². The van der Waals surface area contributed by atoms with E-state index in [2.05, 4.69) is 10.0 Å². The molecular weight excluding hydrogens is 296 g/mol. The highest BCUT2D eigenvalue weighted by Crippen LogP contribution is 2.39. The second-order valence-corrected chi connectivity index (χ2v) is 5.08. The third kappa shape index (κ3) is 2.59. The zero-order valence-corrected chi connectivity index (χ0v) is 12.3. The fraction of sp³-hybridized carbons (Fsp3) is 0.188. The molecule has 1 saturated heterocycles. The molecule has 1 heterocycles. The van der Waals surface area contributed by atoms with Crippen LogP contribution in [0.4, 0.5) is 11.4 Å². The summed E-state index contributed by atoms with van der Waals surface area (Å²) in [5.41, 5.74) is 10.4. The molecule has 23 heavy (non-hydrogen) atoms. The Morgan fingerprint density at radius 1 is 1.17 bits per heavy atom. The van der Waals surface area contributed by atoms with Crippen LogP contribution in [0.25, 0.3) is 10.4 Å². The highest BCUT2D eigenvalue weighted by molar-refractivity contribution is 6.04. The van der Waals surface area contributed by atoms with E-state index in [1.807, 2.05) is 0 Å². The maximum Gasteiger partial charge on any atom is 0.259 e. The van der Waals surface area contributed by atoms with Gasteiger partial charge in [-0.05, 0) is 35.4 Å². The van der Waals surface area contributed by atoms with E-state index in [9.17, 15) is 9.90 Å². The van der Waals surface area contributed by atoms with Crippen molar-refractivity contribution < 1.29 is 14.6 Å². The molecule has 0 unspecified atom stereocenters. The van der Waals surface area contributed by atoms with Crippen molar-refractivity contribution >= 4 is 17.3 Å². The summed E-state index contributed by atoms with van der Waals surface area (Å²) in [6.07, 6.45) is -1.08. The molecule has 7 heteroatoms. The van der Waals surface area contributed by atoms with E-state index in [1.54, 1.807) is 55.6 Å². The SMILES string of the molecule is COc1ccc(N2C(=O)[C@H](O)[C@@H]2c2ccc(N=[N+]=[N-])cc2)cc1. The minimum absolute atomic E-state index is 0.348. The number of aliphatic hydroxyl groups excluding tert-OH is 1. The van der Waals surface area contributed by atoms with Gasteiger partial charge in [0.2, 0.25) is 0 Å². The van der Waals surface area contributed by atoms with E-state index in [1.165, 1.54) is 4.90 Å². The van der Waals surface area contributed by atoms with E-state index in [0.717, 1.165) is 5.56 Å². The molecule has 1 N–H and O–H groups in total. The van der Waals surface area contributed by atoms with Gasteiger partial charge in [-0.15, -0.1) is 0 Å². The van der Waals surface area contributed by atoms with Crippen LogP contribution in [-0.2, 0) is 4.79 Å². The van der Waals surface area contributed by atoms with Crippen molar-refractivity contribution in [2.45, 2.75) is 12.1 Å². The Hall–Kier alpha value is -3.02. The maximum absolute atomic E-state index is 12.0. The average Bonchev–Trinajstić information content (AvgIpc) is 2.60. The van der Waals surface area contributed by atoms with Crippen LogP contribution < -0.4 is 9.64 Å². The number of carbonyl (C=O) groups excluding carboxylic acids is 1. The van der Waals surface area contributed by atoms with Crippen molar-refractivity contribution in [3.63, 3.8) is 0 Å². The zero-order valence-electron chi connectivity index (χ0n) is 12.3. The van der Waals surface area contributed by atoms with E-state index in [4.69, 9.17) is 10.3 Å². The van der Waals surface area contributed by atoms with E-state index < -0.39 is 12.1 Å². The van der Waals surface area contributed by atoms with Crippen LogP contribution in [0.1, 0.15) is 11.6 Å². The van der Waals surface area contributed by atoms with Crippen molar-refractivity contribution in [3.8, 4) is 5.75 Å². The highest BCUT2D eigenvalue weighted by atomic mass is 16.5. The highest BCUT2D eigenvalue weighted by Gasteiger charge is 2.47. The lowest BCUT2D eigenvalue weighted by molar-refractivity contribution is -0.137. The Morgan fingerprint density at radius 3 is 2.39 bits per heavy atom. The van der Waals surface area contributed by atoms with E-state index in [0.29, 0.717) is 17.1 Å². The lowest BCUT2D eigenvalue weighted by Crippen LogP contribution is -2.59. The van der Waals surface area contributed by atoms with Gasteiger partial charge in [0.1, 0.15) is 5.75 Å². The monoisotopic (exact) mass is 310 g/mol. The standard InChI is InChI=1S/C16H14N4O3/c1-23-13-8-6-12(7-9-13)20-14(15(21)16(20)22)10-2-4-11(5-3-10)18-19-17/h2-9,14-15,21H,1H3/t14-,15+/m0/s1. The third-order valence-corrected chi connectivity index (χ3v) is 3.81. The number of ether oxygens (including phenoxy) is 1. The molecule has 7 nitrogen and oxygen atoms in total. The summed E-state index contributed by atoms with van der Waals surface area (Å²) in [7, 11) is 1.57. The molecule has 1 amide bonds. The molecule has 0 aliphatic carbocycles. The van der Waals surface area contributed by atoms with Crippen LogP contribution in [0.5, 0.6) is 5.75 Å². The molecule has 116 valence electrons. The minimum Gasteiger partial charge on any atom is -0.497 e. The first-order valence-electron chi connectivity index (χ1n) is 6.96. The lowest BCUT2D eigenvalue weighted by atomic mass is 9.90. The number of hydrogen-bond acceptors (Lipinski definition) is 4. The van der Waals surface area contributed by atoms with Crippen LogP contribution in [0.15, 0.2) is 53.6 Å². The number of carbonyl (C=O) groups is 1. The molecule has 1 aliphatic rings. The van der Waals surface area contributed by atoms with E-state index in [-0.39, 0.29) is 5.91 Å². The number of aliphatic hydroxyl groups is 1. The van der Waals surface area contributed by atoms with Crippen LogP contribution in [0.3, 0.4) is 0 Å². The molecule has 1 aliphatic heterocycles. The number of rotatable bonds is 4. The summed E-state index contributed by atoms with van der Waals surface area (Å²) < 4.78 is 5.10. The van der Waals surface area contributed by atoms with Crippen molar-refractivity contribution in [2.24, 2.45) is 5.11 Å². The number of methoxy groups -OCH3 is 1. The number of azide groups is 1. The molecule has 2 aromatic rings. The molecule has 0 aromatic heterocycles. The van der Waals surface area contributed by atoms with Gasteiger partial charge in [-0.2, -0.15) is 0 Å². The molecule has 0 saturated carbocycles. The lowest BCUT2D eigenvalue weighted by Gasteiger charge is -2.44. The van der Waals surface area contributed by atoms with Crippen molar-refractivity contribution in [1.29, 1.82) is 0 Å². The molecule has 1 fully saturated rings. The molecule has 2 aromatic carbocycles. The van der Waals surface area contributed by atoms with Gasteiger partial charge in [0, 0.05) is 16.3 Å². The summed E-state index contributed by atoms with van der Waals surface area (Å²) >= 11 is 0. The largest absolute Gasteiger partial charge is 0.497 e. The van der Waals surface area contributed by atoms with Gasteiger partial charge >= 0.3 is 0 Å².